The Morgan fingerprint density at radius 3 is 2.62 bits per heavy atom. The van der Waals surface area contributed by atoms with Gasteiger partial charge in [0.15, 0.2) is 0 Å². The predicted molar refractivity (Wildman–Crippen MR) is 102 cm³/mol. The average molecular weight is 381 g/mol. The highest BCUT2D eigenvalue weighted by Gasteiger charge is 2.28. The number of carbonyl (C=O) groups excluding carboxylic acids is 1. The fourth-order valence-electron chi connectivity index (χ4n) is 2.81. The quantitative estimate of drug-likeness (QED) is 0.718. The lowest BCUT2D eigenvalue weighted by Gasteiger charge is -2.20. The molecule has 1 amide bonds. The van der Waals surface area contributed by atoms with Crippen LogP contribution in [-0.4, -0.2) is 16.1 Å². The van der Waals surface area contributed by atoms with E-state index in [4.69, 9.17) is 23.2 Å². The Bertz CT molecular complexity index is 705. The third-order valence-electron chi connectivity index (χ3n) is 4.03. The molecule has 1 saturated carbocycles. The van der Waals surface area contributed by atoms with Crippen molar-refractivity contribution < 1.29 is 4.79 Å². The van der Waals surface area contributed by atoms with E-state index in [-0.39, 0.29) is 11.2 Å². The molecule has 1 aliphatic rings. The van der Waals surface area contributed by atoms with Crippen LogP contribution in [0.2, 0.25) is 10.0 Å². The Morgan fingerprint density at radius 2 is 1.96 bits per heavy atom. The molecular formula is C18H18Cl2N2OS. The van der Waals surface area contributed by atoms with E-state index in [0.717, 1.165) is 18.4 Å². The van der Waals surface area contributed by atoms with Gasteiger partial charge in [0.2, 0.25) is 5.91 Å². The summed E-state index contributed by atoms with van der Waals surface area (Å²) in [5.74, 6) is 0.476. The van der Waals surface area contributed by atoms with Crippen molar-refractivity contribution >= 4 is 46.7 Å². The molecule has 1 heterocycles. The monoisotopic (exact) mass is 380 g/mol. The lowest BCUT2D eigenvalue weighted by Crippen LogP contribution is -2.21. The fraction of sp³-hybridized carbons (Fsp3) is 0.333. The smallest absolute Gasteiger partial charge is 0.243 e. The molecule has 3 nitrogen and oxygen atoms in total. The van der Waals surface area contributed by atoms with Gasteiger partial charge in [-0.1, -0.05) is 48.2 Å². The maximum absolute atomic E-state index is 12.8. The first-order valence-corrected chi connectivity index (χ1v) is 9.65. The zero-order chi connectivity index (χ0) is 16.9. The first-order valence-electron chi connectivity index (χ1n) is 7.96. The van der Waals surface area contributed by atoms with E-state index < -0.39 is 0 Å². The van der Waals surface area contributed by atoms with Gasteiger partial charge in [-0.25, -0.2) is 4.98 Å². The molecule has 1 N–H and O–H groups in total. The summed E-state index contributed by atoms with van der Waals surface area (Å²) >= 11 is 13.9. The molecular weight excluding hydrogens is 363 g/mol. The molecule has 1 fully saturated rings. The summed E-state index contributed by atoms with van der Waals surface area (Å²) < 4.78 is 0. The second kappa shape index (κ2) is 8.24. The number of hydrogen-bond acceptors (Lipinski definition) is 3. The van der Waals surface area contributed by atoms with Gasteiger partial charge in [-0.15, -0.1) is 11.8 Å². The number of nitrogens with zero attached hydrogens (tertiary/aromatic N) is 1. The van der Waals surface area contributed by atoms with Gasteiger partial charge in [-0.05, 0) is 42.7 Å². The van der Waals surface area contributed by atoms with Crippen LogP contribution in [0, 0.1) is 0 Å². The molecule has 1 atom stereocenters. The minimum atomic E-state index is -0.329. The number of aromatic nitrogens is 1. The molecule has 2 aromatic rings. The highest BCUT2D eigenvalue weighted by molar-refractivity contribution is 8.00. The van der Waals surface area contributed by atoms with Crippen LogP contribution in [0.15, 0.2) is 42.6 Å². The number of amides is 1. The van der Waals surface area contributed by atoms with Crippen molar-refractivity contribution in [3.05, 3.63) is 58.2 Å². The Labute approximate surface area is 156 Å². The summed E-state index contributed by atoms with van der Waals surface area (Å²) in [4.78, 5) is 17.0. The number of hydrogen-bond donors (Lipinski definition) is 1. The van der Waals surface area contributed by atoms with Crippen LogP contribution in [0.1, 0.15) is 36.5 Å². The van der Waals surface area contributed by atoms with E-state index in [2.05, 4.69) is 10.3 Å². The van der Waals surface area contributed by atoms with E-state index in [1.165, 1.54) is 12.8 Å². The number of nitrogens with one attached hydrogen (secondary N) is 1. The number of thioether (sulfide) groups is 1. The first kappa shape index (κ1) is 17.6. The third-order valence-corrected chi connectivity index (χ3v) is 6.39. The van der Waals surface area contributed by atoms with Gasteiger partial charge in [0, 0.05) is 11.4 Å². The molecule has 0 saturated heterocycles. The normalized spacial score (nSPS) is 16.1. The van der Waals surface area contributed by atoms with Crippen molar-refractivity contribution in [3.8, 4) is 0 Å². The van der Waals surface area contributed by atoms with E-state index in [9.17, 15) is 4.79 Å². The van der Waals surface area contributed by atoms with E-state index >= 15 is 0 Å². The predicted octanol–water partition coefficient (Wildman–Crippen LogP) is 5.74. The standard InChI is InChI=1S/C18H18Cl2N2OS/c19-14-9-8-12(11-15(14)20)17(24-13-5-1-2-6-13)18(23)22-16-7-3-4-10-21-16/h3-4,7-11,13,17H,1-2,5-6H2,(H,21,22,23). The Kier molecular flexibility index (Phi) is 6.04. The van der Waals surface area contributed by atoms with Gasteiger partial charge in [-0.2, -0.15) is 0 Å². The SMILES string of the molecule is O=C(Nc1ccccn1)C(SC1CCCC1)c1ccc(Cl)c(Cl)c1. The van der Waals surface area contributed by atoms with Crippen molar-refractivity contribution in [1.29, 1.82) is 0 Å². The van der Waals surface area contributed by atoms with Gasteiger partial charge >= 0.3 is 0 Å². The molecule has 1 aromatic heterocycles. The molecule has 1 aromatic carbocycles. The van der Waals surface area contributed by atoms with Crippen molar-refractivity contribution in [2.24, 2.45) is 0 Å². The second-order valence-corrected chi connectivity index (χ2v) is 8.02. The fourth-order valence-corrected chi connectivity index (χ4v) is 4.60. The summed E-state index contributed by atoms with van der Waals surface area (Å²) in [5.41, 5.74) is 0.870. The van der Waals surface area contributed by atoms with Gasteiger partial charge in [0.1, 0.15) is 11.1 Å². The van der Waals surface area contributed by atoms with E-state index in [1.807, 2.05) is 18.2 Å². The van der Waals surface area contributed by atoms with Crippen LogP contribution in [-0.2, 0) is 4.79 Å². The number of rotatable bonds is 5. The minimum Gasteiger partial charge on any atom is -0.309 e. The summed E-state index contributed by atoms with van der Waals surface area (Å²) in [6, 6.07) is 10.9. The Hall–Kier alpha value is -1.23. The molecule has 126 valence electrons. The Balaban J connectivity index is 1.82. The van der Waals surface area contributed by atoms with Gasteiger partial charge in [-0.3, -0.25) is 4.79 Å². The highest BCUT2D eigenvalue weighted by atomic mass is 35.5. The molecule has 24 heavy (non-hydrogen) atoms. The number of benzene rings is 1. The van der Waals surface area contributed by atoms with Gasteiger partial charge in [0.05, 0.1) is 10.0 Å². The number of halogens is 2. The van der Waals surface area contributed by atoms with Crippen LogP contribution in [0.5, 0.6) is 0 Å². The first-order chi connectivity index (χ1) is 11.6. The van der Waals surface area contributed by atoms with E-state index in [1.54, 1.807) is 36.2 Å². The summed E-state index contributed by atoms with van der Waals surface area (Å²) in [6.45, 7) is 0. The Morgan fingerprint density at radius 1 is 1.17 bits per heavy atom. The topological polar surface area (TPSA) is 42.0 Å². The van der Waals surface area contributed by atoms with Crippen molar-refractivity contribution in [2.45, 2.75) is 36.2 Å². The van der Waals surface area contributed by atoms with Crippen molar-refractivity contribution in [3.63, 3.8) is 0 Å². The van der Waals surface area contributed by atoms with Gasteiger partial charge < -0.3 is 5.32 Å². The molecule has 0 radical (unpaired) electrons. The van der Waals surface area contributed by atoms with E-state index in [0.29, 0.717) is 21.1 Å². The largest absolute Gasteiger partial charge is 0.309 e. The molecule has 0 bridgehead atoms. The van der Waals surface area contributed by atoms with Crippen LogP contribution >= 0.6 is 35.0 Å². The molecule has 6 heteroatoms. The summed E-state index contributed by atoms with van der Waals surface area (Å²) in [6.07, 6.45) is 6.42. The van der Waals surface area contributed by atoms with Crippen molar-refractivity contribution in [1.82, 2.24) is 4.98 Å². The summed E-state index contributed by atoms with van der Waals surface area (Å²) in [7, 11) is 0. The lowest BCUT2D eigenvalue weighted by atomic mass is 10.1. The van der Waals surface area contributed by atoms with Crippen LogP contribution in [0.4, 0.5) is 5.82 Å². The minimum absolute atomic E-state index is 0.0796. The number of carbonyl (C=O) groups is 1. The van der Waals surface area contributed by atoms with Crippen LogP contribution in [0.3, 0.4) is 0 Å². The molecule has 3 rings (SSSR count). The van der Waals surface area contributed by atoms with Crippen LogP contribution < -0.4 is 5.32 Å². The summed E-state index contributed by atoms with van der Waals surface area (Å²) in [5, 5.41) is 4.04. The average Bonchev–Trinajstić information content (AvgIpc) is 3.09. The second-order valence-electron chi connectivity index (χ2n) is 5.80. The maximum atomic E-state index is 12.8. The third kappa shape index (κ3) is 4.44. The molecule has 0 spiro atoms. The molecule has 1 aliphatic carbocycles. The molecule has 0 aliphatic heterocycles. The zero-order valence-electron chi connectivity index (χ0n) is 13.0. The highest BCUT2D eigenvalue weighted by Crippen LogP contribution is 2.41. The van der Waals surface area contributed by atoms with Crippen molar-refractivity contribution in [2.75, 3.05) is 5.32 Å². The molecule has 1 unspecified atom stereocenters. The van der Waals surface area contributed by atoms with Crippen LogP contribution in [0.25, 0.3) is 0 Å². The number of pyridine rings is 1. The van der Waals surface area contributed by atoms with Gasteiger partial charge in [0.25, 0.3) is 0 Å². The zero-order valence-corrected chi connectivity index (χ0v) is 15.4. The lowest BCUT2D eigenvalue weighted by molar-refractivity contribution is -0.115. The maximum Gasteiger partial charge on any atom is 0.243 e. The number of anilines is 1.